The van der Waals surface area contributed by atoms with E-state index in [-0.39, 0.29) is 23.3 Å². The SMILES string of the molecule is Cl.NC1CCN(S(=O)(=O)c2ccc(Cl)cc2)CC1. The van der Waals surface area contributed by atoms with Gasteiger partial charge in [-0.2, -0.15) is 4.31 Å². The number of nitrogens with two attached hydrogens (primary N) is 1. The number of hydrogen-bond donors (Lipinski definition) is 1. The fraction of sp³-hybridized carbons (Fsp3) is 0.455. The Morgan fingerprint density at radius 1 is 1.17 bits per heavy atom. The normalized spacial score (nSPS) is 18.3. The molecule has 18 heavy (non-hydrogen) atoms. The summed E-state index contributed by atoms with van der Waals surface area (Å²) in [5.41, 5.74) is 5.76. The van der Waals surface area contributed by atoms with Crippen LogP contribution in [-0.2, 0) is 10.0 Å². The molecule has 1 saturated heterocycles. The molecule has 1 fully saturated rings. The fourth-order valence-electron chi connectivity index (χ4n) is 1.87. The summed E-state index contributed by atoms with van der Waals surface area (Å²) in [6.07, 6.45) is 1.43. The van der Waals surface area contributed by atoms with Gasteiger partial charge in [0.25, 0.3) is 0 Å². The first-order valence-electron chi connectivity index (χ1n) is 5.51. The van der Waals surface area contributed by atoms with E-state index in [1.807, 2.05) is 0 Å². The van der Waals surface area contributed by atoms with E-state index >= 15 is 0 Å². The van der Waals surface area contributed by atoms with Crippen LogP contribution in [0.2, 0.25) is 5.02 Å². The number of rotatable bonds is 2. The second kappa shape index (κ2) is 6.21. The lowest BCUT2D eigenvalue weighted by Gasteiger charge is -2.29. The minimum absolute atomic E-state index is 0. The van der Waals surface area contributed by atoms with Crippen molar-refractivity contribution in [2.45, 2.75) is 23.8 Å². The average Bonchev–Trinajstić information content (AvgIpc) is 2.30. The lowest BCUT2D eigenvalue weighted by Crippen LogP contribution is -2.42. The highest BCUT2D eigenvalue weighted by Crippen LogP contribution is 2.21. The second-order valence-corrected chi connectivity index (χ2v) is 6.57. The Bertz CT molecular complexity index is 482. The molecule has 2 rings (SSSR count). The molecule has 0 amide bonds. The van der Waals surface area contributed by atoms with Crippen molar-refractivity contribution in [3.8, 4) is 0 Å². The van der Waals surface area contributed by atoms with Crippen LogP contribution in [0.25, 0.3) is 0 Å². The van der Waals surface area contributed by atoms with Crippen LogP contribution in [0.5, 0.6) is 0 Å². The molecule has 0 unspecified atom stereocenters. The topological polar surface area (TPSA) is 63.4 Å². The third-order valence-electron chi connectivity index (χ3n) is 2.95. The zero-order valence-electron chi connectivity index (χ0n) is 9.75. The molecule has 1 heterocycles. The predicted molar refractivity (Wildman–Crippen MR) is 74.7 cm³/mol. The number of benzene rings is 1. The monoisotopic (exact) mass is 310 g/mol. The molecule has 1 aromatic rings. The van der Waals surface area contributed by atoms with Crippen molar-refractivity contribution in [3.63, 3.8) is 0 Å². The van der Waals surface area contributed by atoms with Crippen molar-refractivity contribution in [3.05, 3.63) is 29.3 Å². The van der Waals surface area contributed by atoms with E-state index in [1.165, 1.54) is 16.4 Å². The van der Waals surface area contributed by atoms with E-state index in [1.54, 1.807) is 12.1 Å². The number of piperidine rings is 1. The summed E-state index contributed by atoms with van der Waals surface area (Å²) in [6.45, 7) is 0.984. The van der Waals surface area contributed by atoms with E-state index in [0.717, 1.165) is 0 Å². The maximum absolute atomic E-state index is 12.2. The molecule has 0 atom stereocenters. The smallest absolute Gasteiger partial charge is 0.243 e. The van der Waals surface area contributed by atoms with Gasteiger partial charge in [-0.1, -0.05) is 11.6 Å². The highest BCUT2D eigenvalue weighted by Gasteiger charge is 2.27. The Kier molecular flexibility index (Phi) is 5.43. The van der Waals surface area contributed by atoms with Crippen LogP contribution in [0.1, 0.15) is 12.8 Å². The van der Waals surface area contributed by atoms with E-state index in [2.05, 4.69) is 0 Å². The molecular formula is C11H16Cl2N2O2S. The van der Waals surface area contributed by atoms with Crippen molar-refractivity contribution in [1.29, 1.82) is 0 Å². The maximum atomic E-state index is 12.2. The quantitative estimate of drug-likeness (QED) is 0.907. The minimum Gasteiger partial charge on any atom is -0.328 e. The molecule has 7 heteroatoms. The third kappa shape index (κ3) is 3.36. The maximum Gasteiger partial charge on any atom is 0.243 e. The van der Waals surface area contributed by atoms with Gasteiger partial charge in [0.2, 0.25) is 10.0 Å². The summed E-state index contributed by atoms with van der Waals surface area (Å²) in [7, 11) is -3.38. The van der Waals surface area contributed by atoms with Gasteiger partial charge in [-0.3, -0.25) is 0 Å². The summed E-state index contributed by atoms with van der Waals surface area (Å²) in [4.78, 5) is 0.289. The van der Waals surface area contributed by atoms with Crippen LogP contribution in [0.4, 0.5) is 0 Å². The standard InChI is InChI=1S/C11H15ClN2O2S.ClH/c12-9-1-3-11(4-2-9)17(15,16)14-7-5-10(13)6-8-14;/h1-4,10H,5-8,13H2;1H. The van der Waals surface area contributed by atoms with Crippen LogP contribution in [-0.4, -0.2) is 31.9 Å². The lowest BCUT2D eigenvalue weighted by atomic mass is 10.1. The molecular weight excluding hydrogens is 295 g/mol. The first kappa shape index (κ1) is 15.7. The highest BCUT2D eigenvalue weighted by atomic mass is 35.5. The summed E-state index contributed by atoms with van der Waals surface area (Å²) in [6, 6.07) is 6.36. The minimum atomic E-state index is -3.38. The molecule has 0 aliphatic carbocycles. The molecule has 102 valence electrons. The zero-order valence-corrected chi connectivity index (χ0v) is 12.1. The van der Waals surface area contributed by atoms with Crippen LogP contribution < -0.4 is 5.73 Å². The molecule has 4 nitrogen and oxygen atoms in total. The largest absolute Gasteiger partial charge is 0.328 e. The average molecular weight is 311 g/mol. The van der Waals surface area contributed by atoms with Gasteiger partial charge in [0, 0.05) is 24.2 Å². The molecule has 0 spiro atoms. The van der Waals surface area contributed by atoms with E-state index < -0.39 is 10.0 Å². The van der Waals surface area contributed by atoms with Gasteiger partial charge in [0.15, 0.2) is 0 Å². The Hall–Kier alpha value is -0.330. The summed E-state index contributed by atoms with van der Waals surface area (Å²) in [5, 5.41) is 0.532. The van der Waals surface area contributed by atoms with Crippen molar-refractivity contribution in [1.82, 2.24) is 4.31 Å². The van der Waals surface area contributed by atoms with Gasteiger partial charge in [-0.25, -0.2) is 8.42 Å². The van der Waals surface area contributed by atoms with Gasteiger partial charge < -0.3 is 5.73 Å². The van der Waals surface area contributed by atoms with Crippen molar-refractivity contribution in [2.75, 3.05) is 13.1 Å². The Labute approximate surface area is 119 Å². The molecule has 1 aromatic carbocycles. The molecule has 0 radical (unpaired) electrons. The first-order chi connectivity index (χ1) is 8.00. The molecule has 0 saturated carbocycles. The molecule has 1 aliphatic heterocycles. The van der Waals surface area contributed by atoms with Crippen LogP contribution in [0.15, 0.2) is 29.2 Å². The van der Waals surface area contributed by atoms with Crippen LogP contribution in [0.3, 0.4) is 0 Å². The Morgan fingerprint density at radius 3 is 2.17 bits per heavy atom. The second-order valence-electron chi connectivity index (χ2n) is 4.20. The van der Waals surface area contributed by atoms with E-state index in [4.69, 9.17) is 17.3 Å². The third-order valence-corrected chi connectivity index (χ3v) is 5.11. The molecule has 2 N–H and O–H groups in total. The highest BCUT2D eigenvalue weighted by molar-refractivity contribution is 7.89. The van der Waals surface area contributed by atoms with Crippen molar-refractivity contribution < 1.29 is 8.42 Å². The fourth-order valence-corrected chi connectivity index (χ4v) is 3.47. The van der Waals surface area contributed by atoms with Gasteiger partial charge >= 0.3 is 0 Å². The van der Waals surface area contributed by atoms with Crippen LogP contribution >= 0.6 is 24.0 Å². The first-order valence-corrected chi connectivity index (χ1v) is 7.33. The van der Waals surface area contributed by atoms with Gasteiger partial charge in [0.05, 0.1) is 4.90 Å². The van der Waals surface area contributed by atoms with Gasteiger partial charge in [-0.05, 0) is 37.1 Å². The number of hydrogen-bond acceptors (Lipinski definition) is 3. The Morgan fingerprint density at radius 2 is 1.67 bits per heavy atom. The molecule has 1 aliphatic rings. The lowest BCUT2D eigenvalue weighted by molar-refractivity contribution is 0.320. The predicted octanol–water partition coefficient (Wildman–Crippen LogP) is 1.87. The van der Waals surface area contributed by atoms with E-state index in [9.17, 15) is 8.42 Å². The summed E-state index contributed by atoms with van der Waals surface area (Å²) in [5.74, 6) is 0. The Balaban J connectivity index is 0.00000162. The van der Waals surface area contributed by atoms with Crippen molar-refractivity contribution >= 4 is 34.0 Å². The summed E-state index contributed by atoms with van der Waals surface area (Å²) >= 11 is 5.74. The number of halogens is 2. The molecule has 0 aromatic heterocycles. The van der Waals surface area contributed by atoms with Crippen LogP contribution in [0, 0.1) is 0 Å². The summed E-state index contributed by atoms with van der Waals surface area (Å²) < 4.78 is 26.0. The van der Waals surface area contributed by atoms with Crippen molar-refractivity contribution in [2.24, 2.45) is 5.73 Å². The number of nitrogens with zero attached hydrogens (tertiary/aromatic N) is 1. The van der Waals surface area contributed by atoms with Gasteiger partial charge in [0.1, 0.15) is 0 Å². The van der Waals surface area contributed by atoms with E-state index in [0.29, 0.717) is 31.0 Å². The van der Waals surface area contributed by atoms with Gasteiger partial charge in [-0.15, -0.1) is 12.4 Å². The zero-order chi connectivity index (χ0) is 12.5. The molecule has 0 bridgehead atoms. The number of sulfonamides is 1.